The van der Waals surface area contributed by atoms with Crippen LogP contribution < -0.4 is 5.19 Å². The number of fused-ring (bicyclic) bond motifs is 3. The van der Waals surface area contributed by atoms with Crippen LogP contribution in [-0.2, 0) is 26.5 Å². The Labute approximate surface area is 330 Å². The van der Waals surface area contributed by atoms with Crippen molar-refractivity contribution in [3.8, 4) is 33.8 Å². The van der Waals surface area contributed by atoms with Crippen molar-refractivity contribution in [3.05, 3.63) is 132 Å². The van der Waals surface area contributed by atoms with Crippen LogP contribution in [0.25, 0.3) is 55.8 Å². The number of rotatable bonds is 8. The smallest absolute Gasteiger partial charge is 0.216 e. The van der Waals surface area contributed by atoms with E-state index in [1.54, 1.807) is 0 Å². The minimum absolute atomic E-state index is 0. The normalized spacial score (nSPS) is 12.2. The van der Waals surface area contributed by atoms with E-state index in [0.717, 1.165) is 51.0 Å². The van der Waals surface area contributed by atoms with Gasteiger partial charge in [-0.2, -0.15) is 0 Å². The average molecular weight is 894 g/mol. The Morgan fingerprint density at radius 1 is 0.736 bits per heavy atom. The molecule has 0 fully saturated rings. The Balaban J connectivity index is 0.000000223. The molecule has 0 aliphatic heterocycles. The maximum Gasteiger partial charge on any atom is 0.216 e. The maximum atomic E-state index is 6.35. The van der Waals surface area contributed by atoms with Crippen LogP contribution >= 0.6 is 0 Å². The Morgan fingerprint density at radius 2 is 1.49 bits per heavy atom. The first-order chi connectivity index (χ1) is 24.8. The fraction of sp³-hybridized carbons (Fsp3) is 0.298. The molecule has 0 bridgehead atoms. The standard InChI is InChI=1S/C29H27N2O.C18H24NSi.Ir/c1-17(2)20(5)21-14-15-30-26(16-21)24-11-7-10-22-23-12-13-25(31-29(23)32-28(22)24)27-18(3)8-6-9-19(27)4;1-14(2)11-16-12-17(15-9-7-6-8-10-15)19-13-18(16)20(3,4)5;/h6-10,12-17,20H,1-5H3;6-9,12-14H,11H2,1-5H3;/q2*-1;. The van der Waals surface area contributed by atoms with Crippen molar-refractivity contribution in [1.29, 1.82) is 0 Å². The van der Waals surface area contributed by atoms with E-state index in [1.165, 1.54) is 33.0 Å². The minimum Gasteiger partial charge on any atom is -0.486 e. The number of benzene rings is 3. The SMILES string of the molecule is CC(C)Cc1cc(-c2[c-]cccc2)ncc1[Si](C)(C)C.Cc1cccc(C)c1-c1ccc2c(n1)oc1c(-c3cc(C(C)C(C)C)ccn3)[c-]ccc12.[Ir]. The van der Waals surface area contributed by atoms with Gasteiger partial charge in [0, 0.05) is 43.4 Å². The summed E-state index contributed by atoms with van der Waals surface area (Å²) in [6.45, 7) is 22.7. The van der Waals surface area contributed by atoms with Gasteiger partial charge in [0.05, 0.1) is 19.4 Å². The fourth-order valence-corrected chi connectivity index (χ4v) is 8.49. The molecule has 0 aliphatic carbocycles. The maximum absolute atomic E-state index is 6.35. The summed E-state index contributed by atoms with van der Waals surface area (Å²) in [5.41, 5.74) is 12.6. The second-order valence-corrected chi connectivity index (χ2v) is 20.9. The van der Waals surface area contributed by atoms with Gasteiger partial charge in [-0.1, -0.05) is 107 Å². The van der Waals surface area contributed by atoms with Crippen LogP contribution in [0.1, 0.15) is 62.8 Å². The molecule has 0 N–H and O–H groups in total. The monoisotopic (exact) mass is 894 g/mol. The van der Waals surface area contributed by atoms with Gasteiger partial charge in [-0.3, -0.25) is 0 Å². The van der Waals surface area contributed by atoms with E-state index in [1.807, 2.05) is 36.5 Å². The molecule has 1 unspecified atom stereocenters. The largest absolute Gasteiger partial charge is 0.486 e. The third kappa shape index (κ3) is 8.95. The van der Waals surface area contributed by atoms with E-state index >= 15 is 0 Å². The number of nitrogens with zero attached hydrogens (tertiary/aromatic N) is 3. The summed E-state index contributed by atoms with van der Waals surface area (Å²) < 4.78 is 6.35. The van der Waals surface area contributed by atoms with E-state index in [-0.39, 0.29) is 20.1 Å². The van der Waals surface area contributed by atoms with E-state index in [0.29, 0.717) is 23.5 Å². The number of hydrogen-bond acceptors (Lipinski definition) is 4. The molecule has 7 rings (SSSR count). The van der Waals surface area contributed by atoms with Crippen molar-refractivity contribution in [1.82, 2.24) is 15.0 Å². The molecular formula is C47H51IrN3OSi-2. The Bertz CT molecular complexity index is 2300. The number of furan rings is 1. The molecule has 4 nitrogen and oxygen atoms in total. The summed E-state index contributed by atoms with van der Waals surface area (Å²) in [5, 5.41) is 3.54. The predicted molar refractivity (Wildman–Crippen MR) is 222 cm³/mol. The summed E-state index contributed by atoms with van der Waals surface area (Å²) in [7, 11) is -1.34. The van der Waals surface area contributed by atoms with Gasteiger partial charge in [-0.25, -0.2) is 4.98 Å². The van der Waals surface area contributed by atoms with Crippen LogP contribution in [0, 0.1) is 37.8 Å². The molecule has 0 amide bonds. The van der Waals surface area contributed by atoms with Crippen LogP contribution in [0.15, 0.2) is 102 Å². The van der Waals surface area contributed by atoms with Crippen molar-refractivity contribution in [2.45, 2.75) is 80.4 Å². The molecule has 1 atom stereocenters. The van der Waals surface area contributed by atoms with Crippen molar-refractivity contribution < 1.29 is 24.5 Å². The van der Waals surface area contributed by atoms with Crippen molar-refractivity contribution in [2.75, 3.05) is 0 Å². The number of hydrogen-bond donors (Lipinski definition) is 0. The van der Waals surface area contributed by atoms with Gasteiger partial charge in [-0.15, -0.1) is 54.1 Å². The van der Waals surface area contributed by atoms with Crippen molar-refractivity contribution >= 4 is 35.3 Å². The minimum atomic E-state index is -1.34. The fourth-order valence-electron chi connectivity index (χ4n) is 6.90. The first kappa shape index (κ1) is 40.0. The van der Waals surface area contributed by atoms with Crippen molar-refractivity contribution in [3.63, 3.8) is 0 Å². The third-order valence-corrected chi connectivity index (χ3v) is 12.1. The molecule has 0 saturated carbocycles. The molecule has 7 aromatic rings. The molecule has 6 heteroatoms. The molecule has 53 heavy (non-hydrogen) atoms. The van der Waals surface area contributed by atoms with Gasteiger partial charge < -0.3 is 14.4 Å². The van der Waals surface area contributed by atoms with Crippen molar-refractivity contribution in [2.24, 2.45) is 11.8 Å². The summed E-state index contributed by atoms with van der Waals surface area (Å²) in [6.07, 6.45) is 5.12. The average Bonchev–Trinajstić information content (AvgIpc) is 3.49. The molecule has 4 aromatic heterocycles. The summed E-state index contributed by atoms with van der Waals surface area (Å²) in [4.78, 5) is 14.2. The van der Waals surface area contributed by atoms with E-state index < -0.39 is 8.07 Å². The van der Waals surface area contributed by atoms with Gasteiger partial charge in [-0.05, 0) is 83.9 Å². The van der Waals surface area contributed by atoms with Gasteiger partial charge >= 0.3 is 0 Å². The van der Waals surface area contributed by atoms with Gasteiger partial charge in [0.15, 0.2) is 0 Å². The van der Waals surface area contributed by atoms with Gasteiger partial charge in [0.25, 0.3) is 0 Å². The zero-order valence-electron chi connectivity index (χ0n) is 32.8. The molecular weight excluding hydrogens is 843 g/mol. The van der Waals surface area contributed by atoms with E-state index in [9.17, 15) is 0 Å². The quantitative estimate of drug-likeness (QED) is 0.113. The zero-order chi connectivity index (χ0) is 37.2. The van der Waals surface area contributed by atoms with Crippen LogP contribution in [0.4, 0.5) is 0 Å². The summed E-state index contributed by atoms with van der Waals surface area (Å²) in [5.74, 6) is 1.68. The first-order valence-corrected chi connectivity index (χ1v) is 22.0. The summed E-state index contributed by atoms with van der Waals surface area (Å²) >= 11 is 0. The van der Waals surface area contributed by atoms with E-state index in [4.69, 9.17) is 9.40 Å². The van der Waals surface area contributed by atoms with Gasteiger partial charge in [0.2, 0.25) is 5.71 Å². The number of aromatic nitrogens is 3. The summed E-state index contributed by atoms with van der Waals surface area (Å²) in [6, 6.07) is 35.8. The first-order valence-electron chi connectivity index (χ1n) is 18.5. The van der Waals surface area contributed by atoms with Crippen LogP contribution in [0.2, 0.25) is 19.6 Å². The van der Waals surface area contributed by atoms with Crippen LogP contribution in [-0.4, -0.2) is 23.0 Å². The molecule has 0 aliphatic rings. The molecule has 1 radical (unpaired) electrons. The number of pyridine rings is 3. The third-order valence-electron chi connectivity index (χ3n) is 10.0. The Hall–Kier alpha value is -4.22. The topological polar surface area (TPSA) is 51.8 Å². The van der Waals surface area contributed by atoms with Crippen LogP contribution in [0.5, 0.6) is 0 Å². The van der Waals surface area contributed by atoms with Crippen LogP contribution in [0.3, 0.4) is 0 Å². The molecule has 3 aromatic carbocycles. The predicted octanol–water partition coefficient (Wildman–Crippen LogP) is 12.2. The molecule has 4 heterocycles. The van der Waals surface area contributed by atoms with E-state index in [2.05, 4.69) is 151 Å². The Kier molecular flexibility index (Phi) is 12.7. The Morgan fingerprint density at radius 3 is 2.15 bits per heavy atom. The second kappa shape index (κ2) is 16.8. The molecule has 0 saturated heterocycles. The second-order valence-electron chi connectivity index (χ2n) is 15.9. The number of aryl methyl sites for hydroxylation is 2. The van der Waals surface area contributed by atoms with Gasteiger partial charge in [0.1, 0.15) is 0 Å². The zero-order valence-corrected chi connectivity index (χ0v) is 36.2. The molecule has 0 spiro atoms. The molecule has 275 valence electrons.